The summed E-state index contributed by atoms with van der Waals surface area (Å²) in [4.78, 5) is 0. The third-order valence-electron chi connectivity index (χ3n) is 2.54. The van der Waals surface area contributed by atoms with Crippen LogP contribution in [0.25, 0.3) is 0 Å². The molecule has 0 bridgehead atoms. The van der Waals surface area contributed by atoms with Crippen LogP contribution in [0.2, 0.25) is 0 Å². The number of alkyl halides is 2. The van der Waals surface area contributed by atoms with Gasteiger partial charge in [-0.2, -0.15) is 0 Å². The second-order valence-electron chi connectivity index (χ2n) is 4.25. The highest BCUT2D eigenvalue weighted by Crippen LogP contribution is 2.42. The van der Waals surface area contributed by atoms with Gasteiger partial charge in [0, 0.05) is 6.07 Å². The SMILES string of the molecule is NCCCCS(=O)(=O)Nc1ccc2c(c1)OC(F)(F)O2. The topological polar surface area (TPSA) is 90.7 Å². The standard InChI is InChI=1S/C11H14F2N2O4S/c12-11(13)18-9-4-3-8(7-10(9)19-11)15-20(16,17)6-2-1-5-14/h3-4,7,15H,1-2,5-6,14H2. The highest BCUT2D eigenvalue weighted by atomic mass is 32.2. The lowest BCUT2D eigenvalue weighted by molar-refractivity contribution is -0.286. The first-order chi connectivity index (χ1) is 9.31. The van der Waals surface area contributed by atoms with Crippen LogP contribution in [0.15, 0.2) is 18.2 Å². The van der Waals surface area contributed by atoms with Crippen molar-refractivity contribution in [3.05, 3.63) is 18.2 Å². The quantitative estimate of drug-likeness (QED) is 0.777. The maximum absolute atomic E-state index is 12.8. The molecular formula is C11H14F2N2O4S. The maximum Gasteiger partial charge on any atom is 0.586 e. The Morgan fingerprint density at radius 3 is 2.60 bits per heavy atom. The number of benzene rings is 1. The molecule has 9 heteroatoms. The summed E-state index contributed by atoms with van der Waals surface area (Å²) in [5.41, 5.74) is 5.42. The highest BCUT2D eigenvalue weighted by molar-refractivity contribution is 7.92. The van der Waals surface area contributed by atoms with E-state index in [0.29, 0.717) is 19.4 Å². The number of hydrogen-bond donors (Lipinski definition) is 2. The van der Waals surface area contributed by atoms with E-state index in [1.807, 2.05) is 0 Å². The minimum Gasteiger partial charge on any atom is -0.395 e. The second kappa shape index (κ2) is 5.41. The lowest BCUT2D eigenvalue weighted by Gasteiger charge is -2.08. The first-order valence-corrected chi connectivity index (χ1v) is 7.57. The summed E-state index contributed by atoms with van der Waals surface area (Å²) in [5, 5.41) is 0. The Morgan fingerprint density at radius 1 is 1.20 bits per heavy atom. The normalized spacial score (nSPS) is 16.1. The Balaban J connectivity index is 2.05. The summed E-state index contributed by atoms with van der Waals surface area (Å²) in [6.07, 6.45) is -2.70. The molecule has 20 heavy (non-hydrogen) atoms. The lowest BCUT2D eigenvalue weighted by atomic mass is 10.3. The number of nitrogens with one attached hydrogen (secondary N) is 1. The smallest absolute Gasteiger partial charge is 0.395 e. The van der Waals surface area contributed by atoms with Gasteiger partial charge in [-0.1, -0.05) is 0 Å². The van der Waals surface area contributed by atoms with Gasteiger partial charge in [-0.25, -0.2) is 8.42 Å². The van der Waals surface area contributed by atoms with Crippen molar-refractivity contribution in [2.24, 2.45) is 5.73 Å². The monoisotopic (exact) mass is 308 g/mol. The summed E-state index contributed by atoms with van der Waals surface area (Å²) >= 11 is 0. The lowest BCUT2D eigenvalue weighted by Crippen LogP contribution is -2.25. The van der Waals surface area contributed by atoms with Crippen molar-refractivity contribution in [2.45, 2.75) is 19.1 Å². The number of sulfonamides is 1. The maximum atomic E-state index is 12.8. The molecule has 1 heterocycles. The molecule has 0 fully saturated rings. The van der Waals surface area contributed by atoms with Gasteiger partial charge in [0.25, 0.3) is 0 Å². The van der Waals surface area contributed by atoms with E-state index in [9.17, 15) is 17.2 Å². The highest BCUT2D eigenvalue weighted by Gasteiger charge is 2.43. The van der Waals surface area contributed by atoms with Crippen molar-refractivity contribution in [1.29, 1.82) is 0 Å². The summed E-state index contributed by atoms with van der Waals surface area (Å²) < 4.78 is 59.8. The summed E-state index contributed by atoms with van der Waals surface area (Å²) in [5.74, 6) is -0.437. The van der Waals surface area contributed by atoms with Gasteiger partial charge in [0.05, 0.1) is 11.4 Å². The van der Waals surface area contributed by atoms with Gasteiger partial charge in [0.2, 0.25) is 10.0 Å². The summed E-state index contributed by atoms with van der Waals surface area (Å²) in [6, 6.07) is 3.69. The number of unbranched alkanes of at least 4 members (excludes halogenated alkanes) is 1. The van der Waals surface area contributed by atoms with Crippen LogP contribution >= 0.6 is 0 Å². The van der Waals surface area contributed by atoms with Crippen LogP contribution in [-0.4, -0.2) is 27.0 Å². The predicted octanol–water partition coefficient (Wildman–Crippen LogP) is 1.49. The van der Waals surface area contributed by atoms with E-state index in [-0.39, 0.29) is 22.9 Å². The average Bonchev–Trinajstić information content (AvgIpc) is 2.62. The molecule has 1 aliphatic heterocycles. The van der Waals surface area contributed by atoms with E-state index < -0.39 is 16.3 Å². The Bertz CT molecular complexity index is 592. The molecule has 1 aromatic carbocycles. The van der Waals surface area contributed by atoms with E-state index in [0.717, 1.165) is 6.07 Å². The first-order valence-electron chi connectivity index (χ1n) is 5.92. The molecular weight excluding hydrogens is 294 g/mol. The molecule has 1 aromatic rings. The number of nitrogens with two attached hydrogens (primary N) is 1. The molecule has 112 valence electrons. The Labute approximate surface area is 114 Å². The molecule has 2 rings (SSSR count). The van der Waals surface area contributed by atoms with Crippen molar-refractivity contribution in [3.63, 3.8) is 0 Å². The molecule has 3 N–H and O–H groups in total. The van der Waals surface area contributed by atoms with Gasteiger partial charge >= 0.3 is 6.29 Å². The first kappa shape index (κ1) is 14.8. The van der Waals surface area contributed by atoms with Gasteiger partial charge in [-0.15, -0.1) is 8.78 Å². The number of ether oxygens (including phenoxy) is 2. The van der Waals surface area contributed by atoms with Crippen molar-refractivity contribution in [1.82, 2.24) is 0 Å². The molecule has 0 saturated carbocycles. The van der Waals surface area contributed by atoms with Gasteiger partial charge < -0.3 is 15.2 Å². The third kappa shape index (κ3) is 3.70. The minimum absolute atomic E-state index is 0.0885. The van der Waals surface area contributed by atoms with Crippen molar-refractivity contribution in [2.75, 3.05) is 17.0 Å². The molecule has 0 unspecified atom stereocenters. The zero-order valence-electron chi connectivity index (χ0n) is 10.4. The van der Waals surface area contributed by atoms with Crippen molar-refractivity contribution >= 4 is 15.7 Å². The van der Waals surface area contributed by atoms with Crippen LogP contribution in [0.1, 0.15) is 12.8 Å². The second-order valence-corrected chi connectivity index (χ2v) is 6.09. The van der Waals surface area contributed by atoms with Crippen LogP contribution in [0.4, 0.5) is 14.5 Å². The van der Waals surface area contributed by atoms with Crippen molar-refractivity contribution in [3.8, 4) is 11.5 Å². The zero-order chi connectivity index (χ0) is 14.8. The van der Waals surface area contributed by atoms with Crippen LogP contribution in [0, 0.1) is 0 Å². The molecule has 0 aromatic heterocycles. The van der Waals surface area contributed by atoms with E-state index >= 15 is 0 Å². The largest absolute Gasteiger partial charge is 0.586 e. The Kier molecular flexibility index (Phi) is 4.00. The molecule has 0 atom stereocenters. The van der Waals surface area contributed by atoms with E-state index in [1.54, 1.807) is 0 Å². The predicted molar refractivity (Wildman–Crippen MR) is 68.3 cm³/mol. The zero-order valence-corrected chi connectivity index (χ0v) is 11.3. The minimum atomic E-state index is -3.72. The van der Waals surface area contributed by atoms with E-state index in [4.69, 9.17) is 5.73 Å². The van der Waals surface area contributed by atoms with Crippen LogP contribution in [0.3, 0.4) is 0 Å². The number of halogens is 2. The van der Waals surface area contributed by atoms with Gasteiger partial charge in [-0.05, 0) is 31.5 Å². The molecule has 0 amide bonds. The fourth-order valence-corrected chi connectivity index (χ4v) is 2.85. The molecule has 6 nitrogen and oxygen atoms in total. The van der Waals surface area contributed by atoms with E-state index in [1.165, 1.54) is 12.1 Å². The molecule has 0 aliphatic carbocycles. The molecule has 1 aliphatic rings. The number of rotatable bonds is 6. The summed E-state index contributed by atoms with van der Waals surface area (Å²) in [7, 11) is -3.54. The molecule has 0 radical (unpaired) electrons. The van der Waals surface area contributed by atoms with Gasteiger partial charge in [0.1, 0.15) is 0 Å². The number of anilines is 1. The molecule has 0 saturated heterocycles. The van der Waals surface area contributed by atoms with Gasteiger partial charge in [0.15, 0.2) is 11.5 Å². The van der Waals surface area contributed by atoms with Gasteiger partial charge in [-0.3, -0.25) is 4.72 Å². The Morgan fingerprint density at radius 2 is 1.90 bits per heavy atom. The van der Waals surface area contributed by atoms with Crippen LogP contribution < -0.4 is 19.9 Å². The molecule has 0 spiro atoms. The average molecular weight is 308 g/mol. The fourth-order valence-electron chi connectivity index (χ4n) is 1.68. The Hall–Kier alpha value is -1.61. The number of hydrogen-bond acceptors (Lipinski definition) is 5. The number of fused-ring (bicyclic) bond motifs is 1. The van der Waals surface area contributed by atoms with Crippen LogP contribution in [-0.2, 0) is 10.0 Å². The fraction of sp³-hybridized carbons (Fsp3) is 0.455. The third-order valence-corrected chi connectivity index (χ3v) is 3.91. The van der Waals surface area contributed by atoms with Crippen molar-refractivity contribution < 1.29 is 26.7 Å². The van der Waals surface area contributed by atoms with Crippen LogP contribution in [0.5, 0.6) is 11.5 Å². The summed E-state index contributed by atoms with van der Waals surface area (Å²) in [6.45, 7) is 0.411. The van der Waals surface area contributed by atoms with E-state index in [2.05, 4.69) is 14.2 Å².